The molecule has 0 bridgehead atoms. The molecular weight excluding hydrogens is 523 g/mol. The van der Waals surface area contributed by atoms with Gasteiger partial charge in [-0.3, -0.25) is 9.59 Å². The molecule has 3 aromatic rings. The number of halogens is 3. The first-order chi connectivity index (χ1) is 19.1. The van der Waals surface area contributed by atoms with Crippen molar-refractivity contribution in [2.24, 2.45) is 0 Å². The quantitative estimate of drug-likeness (QED) is 0.128. The van der Waals surface area contributed by atoms with E-state index in [1.807, 2.05) is 0 Å². The van der Waals surface area contributed by atoms with Crippen molar-refractivity contribution >= 4 is 17.4 Å². The summed E-state index contributed by atoms with van der Waals surface area (Å²) in [7, 11) is 1.46. The largest absolute Gasteiger partial charge is 0.507 e. The Kier molecular flexibility index (Phi) is 8.82. The van der Waals surface area contributed by atoms with Gasteiger partial charge in [0.2, 0.25) is 0 Å². The third-order valence-electron chi connectivity index (χ3n) is 6.70. The molecule has 3 aromatic carbocycles. The summed E-state index contributed by atoms with van der Waals surface area (Å²) in [6.45, 7) is 2.37. The summed E-state index contributed by atoms with van der Waals surface area (Å²) in [5, 5.41) is 11.3. The highest BCUT2D eigenvalue weighted by Gasteiger charge is 2.46. The molecule has 1 unspecified atom stereocenters. The zero-order chi connectivity index (χ0) is 28.9. The number of hydrogen-bond acceptors (Lipinski definition) is 5. The summed E-state index contributed by atoms with van der Waals surface area (Å²) in [6.07, 6.45) is -1.55. The molecule has 0 aromatic heterocycles. The smallest absolute Gasteiger partial charge is 0.416 e. The standard InChI is InChI=1S/C31H30F3NO5/c1-3-4-5-16-40-24-14-12-21(13-15-24)28(36)26-27(22-9-7-11-25(18-22)39-2)35(30(38)29(26)37)19-20-8-6-10-23(17-20)31(32,33)34/h6-15,17-18,27,36H,3-5,16,19H2,1-2H3/b28-26+. The van der Waals surface area contributed by atoms with Gasteiger partial charge in [0.05, 0.1) is 30.9 Å². The molecule has 1 amide bonds. The molecule has 6 nitrogen and oxygen atoms in total. The van der Waals surface area contributed by atoms with E-state index in [-0.39, 0.29) is 17.7 Å². The van der Waals surface area contributed by atoms with Crippen LogP contribution in [0, 0.1) is 0 Å². The van der Waals surface area contributed by atoms with Gasteiger partial charge < -0.3 is 19.5 Å². The normalized spacial score (nSPS) is 16.8. The minimum absolute atomic E-state index is 0.165. The van der Waals surface area contributed by atoms with Crippen molar-refractivity contribution < 1.29 is 37.3 Å². The first kappa shape index (κ1) is 28.7. The number of likely N-dealkylation sites (tertiary alicyclic amines) is 1. The van der Waals surface area contributed by atoms with Crippen LogP contribution in [0.2, 0.25) is 0 Å². The Hall–Kier alpha value is -4.27. The molecule has 210 valence electrons. The highest BCUT2D eigenvalue weighted by molar-refractivity contribution is 6.46. The zero-order valence-electron chi connectivity index (χ0n) is 22.2. The number of ketones is 1. The fourth-order valence-electron chi connectivity index (χ4n) is 4.65. The maximum Gasteiger partial charge on any atom is 0.416 e. The van der Waals surface area contributed by atoms with Crippen LogP contribution in [-0.2, 0) is 22.3 Å². The van der Waals surface area contributed by atoms with Crippen LogP contribution in [0.15, 0.2) is 78.4 Å². The molecule has 0 radical (unpaired) electrons. The van der Waals surface area contributed by atoms with Crippen molar-refractivity contribution in [1.82, 2.24) is 4.90 Å². The fourth-order valence-corrected chi connectivity index (χ4v) is 4.65. The summed E-state index contributed by atoms with van der Waals surface area (Å²) in [4.78, 5) is 27.7. The van der Waals surface area contributed by atoms with E-state index in [9.17, 15) is 27.9 Å². The number of aliphatic hydroxyl groups excluding tert-OH is 1. The zero-order valence-corrected chi connectivity index (χ0v) is 22.2. The Morgan fingerprint density at radius 3 is 2.35 bits per heavy atom. The Morgan fingerprint density at radius 2 is 1.68 bits per heavy atom. The van der Waals surface area contributed by atoms with Gasteiger partial charge in [-0.25, -0.2) is 0 Å². The number of carbonyl (C=O) groups excluding carboxylic acids is 2. The van der Waals surface area contributed by atoms with Crippen molar-refractivity contribution in [3.63, 3.8) is 0 Å². The van der Waals surface area contributed by atoms with Gasteiger partial charge in [-0.1, -0.05) is 44.0 Å². The SMILES string of the molecule is CCCCCOc1ccc(/C(O)=C2\C(=O)C(=O)N(Cc3cccc(C(F)(F)F)c3)C2c2cccc(OC)c2)cc1. The lowest BCUT2D eigenvalue weighted by atomic mass is 9.95. The molecule has 1 N–H and O–H groups in total. The van der Waals surface area contributed by atoms with Gasteiger partial charge in [-0.05, 0) is 66.1 Å². The van der Waals surface area contributed by atoms with E-state index in [0.29, 0.717) is 29.2 Å². The van der Waals surface area contributed by atoms with Crippen molar-refractivity contribution in [2.45, 2.75) is 44.9 Å². The second-order valence-electron chi connectivity index (χ2n) is 9.48. The monoisotopic (exact) mass is 553 g/mol. The maximum atomic E-state index is 13.3. The number of methoxy groups -OCH3 is 1. The van der Waals surface area contributed by atoms with Gasteiger partial charge in [-0.2, -0.15) is 13.2 Å². The van der Waals surface area contributed by atoms with Crippen LogP contribution in [0.25, 0.3) is 5.76 Å². The van der Waals surface area contributed by atoms with E-state index in [1.165, 1.54) is 24.1 Å². The van der Waals surface area contributed by atoms with E-state index in [2.05, 4.69) is 6.92 Å². The number of benzene rings is 3. The number of aliphatic hydroxyl groups is 1. The molecule has 1 heterocycles. The molecule has 0 saturated carbocycles. The number of Topliss-reactive ketones (excluding diaryl/α,β-unsaturated/α-hetero) is 1. The van der Waals surface area contributed by atoms with E-state index in [1.54, 1.807) is 48.5 Å². The second kappa shape index (κ2) is 12.3. The first-order valence-electron chi connectivity index (χ1n) is 13.0. The lowest BCUT2D eigenvalue weighted by molar-refractivity contribution is -0.140. The minimum Gasteiger partial charge on any atom is -0.507 e. The van der Waals surface area contributed by atoms with Gasteiger partial charge in [0.15, 0.2) is 0 Å². The van der Waals surface area contributed by atoms with Crippen LogP contribution in [0.4, 0.5) is 13.2 Å². The van der Waals surface area contributed by atoms with Gasteiger partial charge in [0.25, 0.3) is 11.7 Å². The number of unbranched alkanes of at least 4 members (excludes halogenated alkanes) is 2. The first-order valence-corrected chi connectivity index (χ1v) is 13.0. The number of rotatable bonds is 10. The van der Waals surface area contributed by atoms with Crippen molar-refractivity contribution in [2.75, 3.05) is 13.7 Å². The van der Waals surface area contributed by atoms with E-state index in [4.69, 9.17) is 9.47 Å². The summed E-state index contributed by atoms with van der Waals surface area (Å²) in [6, 6.07) is 16.7. The Balaban J connectivity index is 1.74. The predicted molar refractivity (Wildman–Crippen MR) is 144 cm³/mol. The highest BCUT2D eigenvalue weighted by atomic mass is 19.4. The van der Waals surface area contributed by atoms with E-state index >= 15 is 0 Å². The van der Waals surface area contributed by atoms with E-state index in [0.717, 1.165) is 31.4 Å². The fraction of sp³-hybridized carbons (Fsp3) is 0.290. The van der Waals surface area contributed by atoms with Gasteiger partial charge in [-0.15, -0.1) is 0 Å². The van der Waals surface area contributed by atoms with E-state index < -0.39 is 35.2 Å². The van der Waals surface area contributed by atoms with Gasteiger partial charge >= 0.3 is 6.18 Å². The average molecular weight is 554 g/mol. The topological polar surface area (TPSA) is 76.1 Å². The number of nitrogens with zero attached hydrogens (tertiary/aromatic N) is 1. The predicted octanol–water partition coefficient (Wildman–Crippen LogP) is 6.90. The van der Waals surface area contributed by atoms with Crippen LogP contribution >= 0.6 is 0 Å². The van der Waals surface area contributed by atoms with Crippen LogP contribution in [0.3, 0.4) is 0 Å². The molecule has 1 saturated heterocycles. The molecule has 0 spiro atoms. The second-order valence-corrected chi connectivity index (χ2v) is 9.48. The number of ether oxygens (including phenoxy) is 2. The summed E-state index contributed by atoms with van der Waals surface area (Å²) < 4.78 is 51.0. The third-order valence-corrected chi connectivity index (χ3v) is 6.70. The molecule has 40 heavy (non-hydrogen) atoms. The van der Waals surface area contributed by atoms with Gasteiger partial charge in [0, 0.05) is 12.1 Å². The van der Waals surface area contributed by atoms with Crippen LogP contribution in [0.1, 0.15) is 54.5 Å². The molecule has 4 rings (SSSR count). The van der Waals surface area contributed by atoms with Crippen molar-refractivity contribution in [1.29, 1.82) is 0 Å². The molecule has 1 aliphatic heterocycles. The molecule has 1 aliphatic rings. The minimum atomic E-state index is -4.57. The summed E-state index contributed by atoms with van der Waals surface area (Å²) in [5.74, 6) is -1.20. The van der Waals surface area contributed by atoms with Crippen molar-refractivity contribution in [3.8, 4) is 11.5 Å². The highest BCUT2D eigenvalue weighted by Crippen LogP contribution is 2.41. The number of hydrogen-bond donors (Lipinski definition) is 1. The Labute approximate surface area is 230 Å². The van der Waals surface area contributed by atoms with Crippen molar-refractivity contribution in [3.05, 3.63) is 101 Å². The average Bonchev–Trinajstić information content (AvgIpc) is 3.20. The molecular formula is C31H30F3NO5. The number of alkyl halides is 3. The third kappa shape index (κ3) is 6.30. The lowest BCUT2D eigenvalue weighted by Gasteiger charge is -2.26. The number of amides is 1. The number of carbonyl (C=O) groups is 2. The summed E-state index contributed by atoms with van der Waals surface area (Å²) >= 11 is 0. The molecule has 1 atom stereocenters. The molecule has 0 aliphatic carbocycles. The maximum absolute atomic E-state index is 13.3. The Morgan fingerprint density at radius 1 is 0.950 bits per heavy atom. The molecule has 9 heteroatoms. The molecule has 1 fully saturated rings. The Bertz CT molecular complexity index is 1400. The van der Waals surface area contributed by atoms with Crippen LogP contribution < -0.4 is 9.47 Å². The van der Waals surface area contributed by atoms with Crippen LogP contribution in [0.5, 0.6) is 11.5 Å². The summed E-state index contributed by atoms with van der Waals surface area (Å²) in [5.41, 5.74) is -0.0821. The van der Waals surface area contributed by atoms with Gasteiger partial charge in [0.1, 0.15) is 17.3 Å². The lowest BCUT2D eigenvalue weighted by Crippen LogP contribution is -2.29. The van der Waals surface area contributed by atoms with Crippen LogP contribution in [-0.4, -0.2) is 35.4 Å².